The van der Waals surface area contributed by atoms with Gasteiger partial charge in [-0.3, -0.25) is 9.79 Å². The van der Waals surface area contributed by atoms with Crippen molar-refractivity contribution in [1.82, 2.24) is 0 Å². The van der Waals surface area contributed by atoms with E-state index < -0.39 is 0 Å². The number of aliphatic imine (C=N–C) groups is 1. The molecule has 0 radical (unpaired) electrons. The van der Waals surface area contributed by atoms with Crippen molar-refractivity contribution in [3.05, 3.63) is 84.4 Å². The van der Waals surface area contributed by atoms with Crippen molar-refractivity contribution in [3.8, 4) is 5.75 Å². The molecule has 5 heteroatoms. The van der Waals surface area contributed by atoms with Crippen molar-refractivity contribution >= 4 is 29.2 Å². The van der Waals surface area contributed by atoms with Gasteiger partial charge in [0, 0.05) is 12.6 Å². The molecule has 0 aliphatic heterocycles. The first-order valence-electron chi connectivity index (χ1n) is 12.1. The fourth-order valence-corrected chi connectivity index (χ4v) is 3.40. The lowest BCUT2D eigenvalue weighted by molar-refractivity contribution is -0.134. The van der Waals surface area contributed by atoms with Crippen molar-refractivity contribution in [3.63, 3.8) is 0 Å². The van der Waals surface area contributed by atoms with E-state index in [2.05, 4.69) is 22.1 Å². The maximum atomic E-state index is 12.0. The standard InChI is InChI=1S/C29H33N3O2/c1-2-3-4-5-6-7-11-14-29(33)34-28-21-15-24(16-22-28)23-30-25-17-19-27(20-18-25)32-31-26-12-9-8-10-13-26/h8-10,12-13,15-23H,2-7,11,14H2,1H3. The summed E-state index contributed by atoms with van der Waals surface area (Å²) in [6, 6.07) is 24.6. The number of carbonyl (C=O) groups excluding carboxylic acids is 1. The van der Waals surface area contributed by atoms with Crippen LogP contribution in [0.25, 0.3) is 0 Å². The summed E-state index contributed by atoms with van der Waals surface area (Å²) in [5, 5.41) is 8.45. The van der Waals surface area contributed by atoms with E-state index in [-0.39, 0.29) is 5.97 Å². The summed E-state index contributed by atoms with van der Waals surface area (Å²) in [5.74, 6) is 0.401. The Balaban J connectivity index is 1.41. The smallest absolute Gasteiger partial charge is 0.311 e. The van der Waals surface area contributed by atoms with E-state index in [9.17, 15) is 4.79 Å². The first-order chi connectivity index (χ1) is 16.7. The number of nitrogens with zero attached hydrogens (tertiary/aromatic N) is 3. The average Bonchev–Trinajstić information content (AvgIpc) is 2.88. The van der Waals surface area contributed by atoms with E-state index in [1.165, 1.54) is 32.1 Å². The minimum absolute atomic E-state index is 0.167. The Bertz CT molecular complexity index is 1040. The molecule has 0 aliphatic rings. The summed E-state index contributed by atoms with van der Waals surface area (Å²) in [7, 11) is 0. The molecule has 176 valence electrons. The van der Waals surface area contributed by atoms with Gasteiger partial charge in [0.15, 0.2) is 0 Å². The Labute approximate surface area is 202 Å². The van der Waals surface area contributed by atoms with E-state index in [0.29, 0.717) is 12.2 Å². The second kappa shape index (κ2) is 14.5. The summed E-state index contributed by atoms with van der Waals surface area (Å²) in [6.07, 6.45) is 10.5. The molecule has 3 aromatic rings. The van der Waals surface area contributed by atoms with E-state index >= 15 is 0 Å². The van der Waals surface area contributed by atoms with Gasteiger partial charge in [-0.2, -0.15) is 10.2 Å². The molecule has 3 rings (SSSR count). The summed E-state index contributed by atoms with van der Waals surface area (Å²) in [6.45, 7) is 2.22. The Morgan fingerprint density at radius 3 is 1.97 bits per heavy atom. The third kappa shape index (κ3) is 9.49. The number of hydrogen-bond donors (Lipinski definition) is 0. The molecule has 0 saturated heterocycles. The van der Waals surface area contributed by atoms with Crippen LogP contribution < -0.4 is 4.74 Å². The van der Waals surface area contributed by atoms with Gasteiger partial charge in [-0.05, 0) is 72.6 Å². The van der Waals surface area contributed by atoms with E-state index in [1.807, 2.05) is 66.7 Å². The topological polar surface area (TPSA) is 63.4 Å². The van der Waals surface area contributed by atoms with Crippen LogP contribution in [0.15, 0.2) is 94.1 Å². The maximum absolute atomic E-state index is 12.0. The number of hydrogen-bond acceptors (Lipinski definition) is 5. The second-order valence-corrected chi connectivity index (χ2v) is 8.22. The lowest BCUT2D eigenvalue weighted by atomic mass is 10.1. The Kier molecular flexibility index (Phi) is 10.7. The molecule has 0 fully saturated rings. The van der Waals surface area contributed by atoms with Gasteiger partial charge in [0.05, 0.1) is 17.1 Å². The van der Waals surface area contributed by atoms with Crippen LogP contribution in [0.4, 0.5) is 17.1 Å². The van der Waals surface area contributed by atoms with Crippen LogP contribution in [0.5, 0.6) is 5.75 Å². The van der Waals surface area contributed by atoms with Gasteiger partial charge in [-0.15, -0.1) is 0 Å². The second-order valence-electron chi connectivity index (χ2n) is 8.22. The van der Waals surface area contributed by atoms with Gasteiger partial charge < -0.3 is 4.74 Å². The molecular formula is C29H33N3O2. The molecule has 3 aromatic carbocycles. The monoisotopic (exact) mass is 455 g/mol. The fraction of sp³-hybridized carbons (Fsp3) is 0.310. The third-order valence-electron chi connectivity index (χ3n) is 5.35. The minimum atomic E-state index is -0.167. The van der Waals surface area contributed by atoms with Crippen LogP contribution >= 0.6 is 0 Å². The number of unbranched alkanes of at least 4 members (excludes halogenated alkanes) is 6. The van der Waals surface area contributed by atoms with Crippen LogP contribution in [0.1, 0.15) is 63.9 Å². The molecule has 5 nitrogen and oxygen atoms in total. The first kappa shape index (κ1) is 25.0. The number of azo groups is 1. The molecular weight excluding hydrogens is 422 g/mol. The molecule has 0 aromatic heterocycles. The van der Waals surface area contributed by atoms with Crippen LogP contribution in [0.3, 0.4) is 0 Å². The van der Waals surface area contributed by atoms with Crippen LogP contribution in [-0.2, 0) is 4.79 Å². The van der Waals surface area contributed by atoms with Crippen molar-refractivity contribution < 1.29 is 9.53 Å². The fourth-order valence-electron chi connectivity index (χ4n) is 3.40. The summed E-state index contributed by atoms with van der Waals surface area (Å²) < 4.78 is 5.44. The quantitative estimate of drug-likeness (QED) is 0.0849. The molecule has 34 heavy (non-hydrogen) atoms. The zero-order valence-electron chi connectivity index (χ0n) is 19.9. The van der Waals surface area contributed by atoms with Crippen LogP contribution in [0, 0.1) is 0 Å². The zero-order chi connectivity index (χ0) is 23.8. The van der Waals surface area contributed by atoms with E-state index in [1.54, 1.807) is 18.3 Å². The van der Waals surface area contributed by atoms with Gasteiger partial charge in [0.25, 0.3) is 0 Å². The van der Waals surface area contributed by atoms with Crippen LogP contribution in [-0.4, -0.2) is 12.2 Å². The van der Waals surface area contributed by atoms with E-state index in [4.69, 9.17) is 4.74 Å². The maximum Gasteiger partial charge on any atom is 0.311 e. The van der Waals surface area contributed by atoms with Gasteiger partial charge in [-0.1, -0.05) is 63.6 Å². The Morgan fingerprint density at radius 1 is 0.706 bits per heavy atom. The third-order valence-corrected chi connectivity index (χ3v) is 5.35. The lowest BCUT2D eigenvalue weighted by Crippen LogP contribution is -2.07. The van der Waals surface area contributed by atoms with Crippen molar-refractivity contribution in [2.45, 2.75) is 58.3 Å². The number of benzene rings is 3. The van der Waals surface area contributed by atoms with Crippen molar-refractivity contribution in [2.75, 3.05) is 0 Å². The molecule has 0 unspecified atom stereocenters. The highest BCUT2D eigenvalue weighted by Crippen LogP contribution is 2.21. The molecule has 0 aliphatic carbocycles. The SMILES string of the molecule is CCCCCCCCCC(=O)Oc1ccc(C=Nc2ccc(N=Nc3ccccc3)cc2)cc1. The van der Waals surface area contributed by atoms with Gasteiger partial charge in [-0.25, -0.2) is 0 Å². The highest BCUT2D eigenvalue weighted by atomic mass is 16.5. The van der Waals surface area contributed by atoms with Crippen LogP contribution in [0.2, 0.25) is 0 Å². The number of esters is 1. The predicted molar refractivity (Wildman–Crippen MR) is 139 cm³/mol. The van der Waals surface area contributed by atoms with Crippen molar-refractivity contribution in [2.24, 2.45) is 15.2 Å². The molecule has 0 spiro atoms. The van der Waals surface area contributed by atoms with Crippen molar-refractivity contribution in [1.29, 1.82) is 0 Å². The summed E-state index contributed by atoms with van der Waals surface area (Å²) in [4.78, 5) is 16.5. The number of carbonyl (C=O) groups is 1. The predicted octanol–water partition coefficient (Wildman–Crippen LogP) is 8.90. The lowest BCUT2D eigenvalue weighted by Gasteiger charge is -2.05. The largest absolute Gasteiger partial charge is 0.427 e. The molecule has 0 N–H and O–H groups in total. The van der Waals surface area contributed by atoms with Gasteiger partial charge in [0.1, 0.15) is 5.75 Å². The summed E-state index contributed by atoms with van der Waals surface area (Å²) in [5.41, 5.74) is 3.34. The van der Waals surface area contributed by atoms with E-state index in [0.717, 1.165) is 35.5 Å². The molecule has 0 atom stereocenters. The summed E-state index contributed by atoms with van der Waals surface area (Å²) >= 11 is 0. The first-order valence-corrected chi connectivity index (χ1v) is 12.1. The minimum Gasteiger partial charge on any atom is -0.427 e. The van der Waals surface area contributed by atoms with Gasteiger partial charge >= 0.3 is 5.97 Å². The molecule has 0 heterocycles. The number of ether oxygens (including phenoxy) is 1. The molecule has 0 amide bonds. The van der Waals surface area contributed by atoms with Gasteiger partial charge in [0.2, 0.25) is 0 Å². The zero-order valence-corrected chi connectivity index (χ0v) is 19.9. The average molecular weight is 456 g/mol. The molecule has 0 bridgehead atoms. The highest BCUT2D eigenvalue weighted by molar-refractivity contribution is 5.82. The normalized spacial score (nSPS) is 11.3. The number of rotatable bonds is 13. The molecule has 0 saturated carbocycles. The Morgan fingerprint density at radius 2 is 1.29 bits per heavy atom. The highest BCUT2D eigenvalue weighted by Gasteiger charge is 2.04. The Hall–Kier alpha value is -3.60.